The molecule has 3 heterocycles. The number of hydrogen-bond donors (Lipinski definition) is 1. The van der Waals surface area contributed by atoms with Crippen LogP contribution in [-0.4, -0.2) is 40.0 Å². The van der Waals surface area contributed by atoms with E-state index in [0.29, 0.717) is 29.3 Å². The number of nitrogens with one attached hydrogen (secondary N) is 1. The highest BCUT2D eigenvalue weighted by atomic mass is 19.2. The van der Waals surface area contributed by atoms with Gasteiger partial charge in [0.15, 0.2) is 11.6 Å². The van der Waals surface area contributed by atoms with E-state index in [9.17, 15) is 8.78 Å². The van der Waals surface area contributed by atoms with Crippen LogP contribution in [-0.2, 0) is 0 Å². The molecule has 5 nitrogen and oxygen atoms in total. The first-order valence-electron chi connectivity index (χ1n) is 8.57. The van der Waals surface area contributed by atoms with E-state index in [-0.39, 0.29) is 6.04 Å². The molecule has 1 fully saturated rings. The molecule has 4 rings (SSSR count). The molecule has 2 aromatic heterocycles. The van der Waals surface area contributed by atoms with Crippen molar-refractivity contribution >= 4 is 16.9 Å². The fourth-order valence-corrected chi connectivity index (χ4v) is 3.65. The number of fused-ring (bicyclic) bond motifs is 1. The number of rotatable bonds is 4. The van der Waals surface area contributed by atoms with Crippen molar-refractivity contribution in [3.63, 3.8) is 0 Å². The lowest BCUT2D eigenvalue weighted by molar-refractivity contribution is 0.281. The third-order valence-electron chi connectivity index (χ3n) is 4.93. The molecule has 3 aromatic rings. The molecular weight excluding hydrogens is 336 g/mol. The molecule has 0 saturated carbocycles. The molecule has 0 radical (unpaired) electrons. The minimum absolute atomic E-state index is 0.288. The Morgan fingerprint density at radius 1 is 1.19 bits per heavy atom. The van der Waals surface area contributed by atoms with E-state index in [1.807, 2.05) is 12.3 Å². The lowest BCUT2D eigenvalue weighted by Gasteiger charge is -2.25. The van der Waals surface area contributed by atoms with E-state index >= 15 is 0 Å². The summed E-state index contributed by atoms with van der Waals surface area (Å²) >= 11 is 0. The number of anilines is 1. The van der Waals surface area contributed by atoms with Gasteiger partial charge in [0.2, 0.25) is 0 Å². The number of hydrogen-bond acceptors (Lipinski definition) is 5. The van der Waals surface area contributed by atoms with Crippen LogP contribution in [0.3, 0.4) is 0 Å². The predicted octanol–water partition coefficient (Wildman–Crippen LogP) is 3.41. The second-order valence-corrected chi connectivity index (χ2v) is 6.65. The van der Waals surface area contributed by atoms with E-state index in [0.717, 1.165) is 25.1 Å². The number of pyridine rings is 1. The predicted molar refractivity (Wildman–Crippen MR) is 95.7 cm³/mol. The fourth-order valence-electron chi connectivity index (χ4n) is 3.65. The smallest absolute Gasteiger partial charge is 0.161 e. The quantitative estimate of drug-likeness (QED) is 0.777. The molecule has 2 atom stereocenters. The van der Waals surface area contributed by atoms with Crippen LogP contribution in [0.4, 0.5) is 14.6 Å². The van der Waals surface area contributed by atoms with Gasteiger partial charge in [0, 0.05) is 37.1 Å². The van der Waals surface area contributed by atoms with Gasteiger partial charge < -0.3 is 5.32 Å². The maximum Gasteiger partial charge on any atom is 0.161 e. The zero-order chi connectivity index (χ0) is 18.1. The SMILES string of the molecule is CN1CC[C@@H](CNc2cnc3cc(F)c(F)cc3n2)[C@@H]1c1cccnc1. The largest absolute Gasteiger partial charge is 0.368 e. The molecule has 7 heteroatoms. The van der Waals surface area contributed by atoms with Crippen LogP contribution >= 0.6 is 0 Å². The first kappa shape index (κ1) is 16.8. The summed E-state index contributed by atoms with van der Waals surface area (Å²) in [4.78, 5) is 15.1. The molecule has 1 aliphatic rings. The summed E-state index contributed by atoms with van der Waals surface area (Å²) < 4.78 is 26.7. The summed E-state index contributed by atoms with van der Waals surface area (Å²) in [7, 11) is 2.12. The Bertz CT molecular complexity index is 918. The van der Waals surface area contributed by atoms with Gasteiger partial charge in [-0.3, -0.25) is 14.9 Å². The van der Waals surface area contributed by atoms with Gasteiger partial charge in [0.25, 0.3) is 0 Å². The molecule has 1 N–H and O–H groups in total. The van der Waals surface area contributed by atoms with E-state index in [2.05, 4.69) is 38.3 Å². The minimum atomic E-state index is -0.919. The van der Waals surface area contributed by atoms with Crippen LogP contribution < -0.4 is 5.32 Å². The summed E-state index contributed by atoms with van der Waals surface area (Å²) in [6.07, 6.45) is 6.30. The highest BCUT2D eigenvalue weighted by molar-refractivity contribution is 5.75. The van der Waals surface area contributed by atoms with Crippen molar-refractivity contribution in [3.8, 4) is 0 Å². The molecule has 0 bridgehead atoms. The van der Waals surface area contributed by atoms with Gasteiger partial charge >= 0.3 is 0 Å². The first-order valence-corrected chi connectivity index (χ1v) is 8.57. The number of nitrogens with zero attached hydrogens (tertiary/aromatic N) is 4. The van der Waals surface area contributed by atoms with E-state index in [4.69, 9.17) is 0 Å². The number of benzene rings is 1. The van der Waals surface area contributed by atoms with Gasteiger partial charge in [-0.25, -0.2) is 13.8 Å². The molecule has 1 aliphatic heterocycles. The average Bonchev–Trinajstić information content (AvgIpc) is 3.02. The van der Waals surface area contributed by atoms with E-state index in [1.165, 1.54) is 5.56 Å². The summed E-state index contributed by atoms with van der Waals surface area (Å²) in [6, 6.07) is 6.47. The zero-order valence-electron chi connectivity index (χ0n) is 14.4. The normalized spacial score (nSPS) is 20.6. The lowest BCUT2D eigenvalue weighted by atomic mass is 9.95. The van der Waals surface area contributed by atoms with Crippen LogP contribution in [0.25, 0.3) is 11.0 Å². The van der Waals surface area contributed by atoms with Crippen molar-refractivity contribution in [2.24, 2.45) is 5.92 Å². The lowest BCUT2D eigenvalue weighted by Crippen LogP contribution is -2.25. The Hall–Kier alpha value is -2.67. The third kappa shape index (κ3) is 3.22. The van der Waals surface area contributed by atoms with Crippen LogP contribution in [0.5, 0.6) is 0 Å². The number of halogens is 2. The molecule has 0 unspecified atom stereocenters. The fraction of sp³-hybridized carbons (Fsp3) is 0.316. The molecule has 0 aliphatic carbocycles. The standard InChI is InChI=1S/C19H19F2N5/c1-26-6-4-13(19(26)12-3-2-5-22-9-12)10-24-18-11-23-16-7-14(20)15(21)8-17(16)25-18/h2-3,5,7-9,11,13,19H,4,6,10H2,1H3,(H,24,25)/t13-,19-/m0/s1. The maximum absolute atomic E-state index is 13.4. The molecule has 1 aromatic carbocycles. The number of aromatic nitrogens is 3. The molecule has 0 spiro atoms. The molecule has 0 amide bonds. The Morgan fingerprint density at radius 3 is 2.77 bits per heavy atom. The van der Waals surface area contributed by atoms with Gasteiger partial charge in [0.1, 0.15) is 5.82 Å². The van der Waals surface area contributed by atoms with Crippen LogP contribution in [0, 0.1) is 17.6 Å². The van der Waals surface area contributed by atoms with Crippen molar-refractivity contribution in [1.29, 1.82) is 0 Å². The number of likely N-dealkylation sites (tertiary alicyclic amines) is 1. The summed E-state index contributed by atoms with van der Waals surface area (Å²) in [6.45, 7) is 1.73. The Kier molecular flexibility index (Phi) is 4.46. The highest BCUT2D eigenvalue weighted by Gasteiger charge is 2.32. The van der Waals surface area contributed by atoms with Gasteiger partial charge in [-0.05, 0) is 37.6 Å². The van der Waals surface area contributed by atoms with E-state index < -0.39 is 11.6 Å². The second-order valence-electron chi connectivity index (χ2n) is 6.65. The topological polar surface area (TPSA) is 53.9 Å². The van der Waals surface area contributed by atoms with Crippen molar-refractivity contribution in [3.05, 3.63) is 60.1 Å². The third-order valence-corrected chi connectivity index (χ3v) is 4.93. The van der Waals surface area contributed by atoms with Crippen molar-refractivity contribution in [1.82, 2.24) is 19.9 Å². The summed E-state index contributed by atoms with van der Waals surface area (Å²) in [5, 5.41) is 3.30. The second kappa shape index (κ2) is 6.92. The van der Waals surface area contributed by atoms with Crippen LogP contribution in [0.2, 0.25) is 0 Å². The molecular formula is C19H19F2N5. The zero-order valence-corrected chi connectivity index (χ0v) is 14.4. The monoisotopic (exact) mass is 355 g/mol. The van der Waals surface area contributed by atoms with Gasteiger partial charge in [-0.15, -0.1) is 0 Å². The molecule has 1 saturated heterocycles. The van der Waals surface area contributed by atoms with Gasteiger partial charge in [-0.1, -0.05) is 6.07 Å². The summed E-state index contributed by atoms with van der Waals surface area (Å²) in [5.41, 5.74) is 1.87. The van der Waals surface area contributed by atoms with E-state index in [1.54, 1.807) is 12.4 Å². The Morgan fingerprint density at radius 2 is 2.00 bits per heavy atom. The van der Waals surface area contributed by atoms with Gasteiger partial charge in [0.05, 0.1) is 17.2 Å². The Labute approximate surface area is 150 Å². The highest BCUT2D eigenvalue weighted by Crippen LogP contribution is 2.35. The molecule has 134 valence electrons. The Balaban J connectivity index is 1.51. The van der Waals surface area contributed by atoms with Gasteiger partial charge in [-0.2, -0.15) is 0 Å². The summed E-state index contributed by atoms with van der Waals surface area (Å²) in [5.74, 6) is -0.881. The van der Waals surface area contributed by atoms with Crippen LogP contribution in [0.15, 0.2) is 42.9 Å². The minimum Gasteiger partial charge on any atom is -0.368 e. The first-order chi connectivity index (χ1) is 12.6. The molecule has 26 heavy (non-hydrogen) atoms. The van der Waals surface area contributed by atoms with Crippen molar-refractivity contribution < 1.29 is 8.78 Å². The maximum atomic E-state index is 13.4. The van der Waals surface area contributed by atoms with Crippen LogP contribution in [0.1, 0.15) is 18.0 Å². The van der Waals surface area contributed by atoms with Crippen molar-refractivity contribution in [2.45, 2.75) is 12.5 Å². The van der Waals surface area contributed by atoms with Crippen molar-refractivity contribution in [2.75, 3.05) is 25.5 Å². The average molecular weight is 355 g/mol.